The summed E-state index contributed by atoms with van der Waals surface area (Å²) < 4.78 is 12.7. The van der Waals surface area contributed by atoms with Crippen LogP contribution in [0.1, 0.15) is 56.3 Å². The van der Waals surface area contributed by atoms with Gasteiger partial charge in [-0.15, -0.1) is 0 Å². The van der Waals surface area contributed by atoms with Gasteiger partial charge in [-0.2, -0.15) is 0 Å². The standard InChI is InChI=1S/C27H28N2O4S/c1-6-33-26(31)23-17(4)28-27-29(24(23)20-11-9-19(10-12-20)16(2)3)25(30)22(34-27)15-18-7-13-21(32-5)14-8-18/h7-16,24H,6H2,1-5H3/b22-15+/t24-/m0/s1. The van der Waals surface area contributed by atoms with Crippen molar-refractivity contribution in [3.8, 4) is 5.75 Å². The number of hydrogen-bond acceptors (Lipinski definition) is 6. The minimum Gasteiger partial charge on any atom is -0.497 e. The summed E-state index contributed by atoms with van der Waals surface area (Å²) in [6, 6.07) is 15.0. The van der Waals surface area contributed by atoms with Crippen molar-refractivity contribution in [3.05, 3.63) is 96.2 Å². The van der Waals surface area contributed by atoms with Crippen LogP contribution in [0, 0.1) is 0 Å². The lowest BCUT2D eigenvalue weighted by Gasteiger charge is -2.25. The summed E-state index contributed by atoms with van der Waals surface area (Å²) in [5.41, 5.74) is 3.68. The highest BCUT2D eigenvalue weighted by molar-refractivity contribution is 7.07. The maximum Gasteiger partial charge on any atom is 0.338 e. The number of fused-ring (bicyclic) bond motifs is 1. The first-order valence-corrected chi connectivity index (χ1v) is 12.1. The summed E-state index contributed by atoms with van der Waals surface area (Å²) in [4.78, 5) is 31.8. The van der Waals surface area contributed by atoms with Gasteiger partial charge in [0.25, 0.3) is 5.56 Å². The maximum absolute atomic E-state index is 13.6. The molecular formula is C27H28N2O4S. The van der Waals surface area contributed by atoms with Crippen molar-refractivity contribution in [2.24, 2.45) is 4.99 Å². The number of allylic oxidation sites excluding steroid dienone is 1. The van der Waals surface area contributed by atoms with Crippen LogP contribution in [-0.4, -0.2) is 24.3 Å². The molecule has 34 heavy (non-hydrogen) atoms. The normalized spacial score (nSPS) is 15.8. The molecule has 0 saturated heterocycles. The summed E-state index contributed by atoms with van der Waals surface area (Å²) in [5, 5.41) is 0. The smallest absolute Gasteiger partial charge is 0.338 e. The Balaban J connectivity index is 1.90. The van der Waals surface area contributed by atoms with Crippen LogP contribution < -0.4 is 19.6 Å². The van der Waals surface area contributed by atoms with Gasteiger partial charge in [0.2, 0.25) is 0 Å². The Labute approximate surface area is 202 Å². The van der Waals surface area contributed by atoms with E-state index in [4.69, 9.17) is 9.47 Å². The molecule has 4 rings (SSSR count). The topological polar surface area (TPSA) is 69.9 Å². The van der Waals surface area contributed by atoms with E-state index in [1.54, 1.807) is 25.5 Å². The fraction of sp³-hybridized carbons (Fsp3) is 0.296. The quantitative estimate of drug-likeness (QED) is 0.506. The van der Waals surface area contributed by atoms with E-state index in [0.29, 0.717) is 26.5 Å². The Kier molecular flexibility index (Phi) is 6.84. The third-order valence-corrected chi connectivity index (χ3v) is 6.83. The van der Waals surface area contributed by atoms with Gasteiger partial charge < -0.3 is 9.47 Å². The van der Waals surface area contributed by atoms with Crippen LogP contribution in [-0.2, 0) is 9.53 Å². The van der Waals surface area contributed by atoms with Crippen LogP contribution >= 0.6 is 11.3 Å². The zero-order valence-electron chi connectivity index (χ0n) is 20.0. The highest BCUT2D eigenvalue weighted by Gasteiger charge is 2.33. The van der Waals surface area contributed by atoms with Crippen LogP contribution in [0.3, 0.4) is 0 Å². The van der Waals surface area contributed by atoms with Crippen molar-refractivity contribution in [2.75, 3.05) is 13.7 Å². The molecule has 0 fully saturated rings. The van der Waals surface area contributed by atoms with Gasteiger partial charge in [-0.25, -0.2) is 9.79 Å². The zero-order chi connectivity index (χ0) is 24.4. The van der Waals surface area contributed by atoms with E-state index in [0.717, 1.165) is 16.9 Å². The number of benzene rings is 2. The average Bonchev–Trinajstić information content (AvgIpc) is 3.13. The second-order valence-electron chi connectivity index (χ2n) is 8.40. The van der Waals surface area contributed by atoms with Gasteiger partial charge in [-0.3, -0.25) is 9.36 Å². The molecule has 0 unspecified atom stereocenters. The summed E-state index contributed by atoms with van der Waals surface area (Å²) in [7, 11) is 1.62. The van der Waals surface area contributed by atoms with E-state index < -0.39 is 12.0 Å². The van der Waals surface area contributed by atoms with E-state index in [2.05, 4.69) is 18.8 Å². The van der Waals surface area contributed by atoms with E-state index in [-0.39, 0.29) is 12.2 Å². The van der Waals surface area contributed by atoms with E-state index in [1.165, 1.54) is 16.9 Å². The summed E-state index contributed by atoms with van der Waals surface area (Å²) in [6.45, 7) is 8.07. The molecule has 176 valence electrons. The van der Waals surface area contributed by atoms with E-state index in [1.807, 2.05) is 54.6 Å². The first kappa shape index (κ1) is 23.7. The fourth-order valence-electron chi connectivity index (χ4n) is 4.02. The number of methoxy groups -OCH3 is 1. The van der Waals surface area contributed by atoms with Crippen molar-refractivity contribution in [3.63, 3.8) is 0 Å². The monoisotopic (exact) mass is 476 g/mol. The number of esters is 1. The second-order valence-corrected chi connectivity index (χ2v) is 9.41. The molecule has 0 spiro atoms. The van der Waals surface area contributed by atoms with Gasteiger partial charge in [0.15, 0.2) is 4.80 Å². The van der Waals surface area contributed by atoms with Crippen LogP contribution in [0.15, 0.2) is 69.6 Å². The molecule has 6 nitrogen and oxygen atoms in total. The molecule has 1 aliphatic rings. The summed E-state index contributed by atoms with van der Waals surface area (Å²) >= 11 is 1.31. The Morgan fingerprint density at radius 2 is 1.82 bits per heavy atom. The minimum atomic E-state index is -0.602. The van der Waals surface area contributed by atoms with Gasteiger partial charge in [0, 0.05) is 0 Å². The highest BCUT2D eigenvalue weighted by atomic mass is 32.1. The molecule has 1 aromatic heterocycles. The Bertz CT molecular complexity index is 1410. The third-order valence-electron chi connectivity index (χ3n) is 5.85. The molecule has 2 aromatic carbocycles. The molecule has 0 aliphatic carbocycles. The molecule has 0 saturated carbocycles. The molecular weight excluding hydrogens is 448 g/mol. The number of ether oxygens (including phenoxy) is 2. The van der Waals surface area contributed by atoms with Crippen molar-refractivity contribution in [1.29, 1.82) is 0 Å². The molecule has 2 heterocycles. The number of aromatic nitrogens is 1. The summed E-state index contributed by atoms with van der Waals surface area (Å²) in [5.74, 6) is 0.673. The molecule has 1 aliphatic heterocycles. The molecule has 0 bridgehead atoms. The molecule has 0 N–H and O–H groups in total. The highest BCUT2D eigenvalue weighted by Crippen LogP contribution is 2.31. The lowest BCUT2D eigenvalue weighted by atomic mass is 9.93. The number of thiazole rings is 1. The summed E-state index contributed by atoms with van der Waals surface area (Å²) in [6.07, 6.45) is 1.84. The number of rotatable bonds is 6. The predicted molar refractivity (Wildman–Crippen MR) is 134 cm³/mol. The van der Waals surface area contributed by atoms with Crippen molar-refractivity contribution in [1.82, 2.24) is 4.57 Å². The number of hydrogen-bond donors (Lipinski definition) is 0. The number of carbonyl (C=O) groups is 1. The van der Waals surface area contributed by atoms with Crippen LogP contribution in [0.25, 0.3) is 6.08 Å². The van der Waals surface area contributed by atoms with E-state index in [9.17, 15) is 9.59 Å². The van der Waals surface area contributed by atoms with Gasteiger partial charge in [-0.1, -0.05) is 61.6 Å². The third kappa shape index (κ3) is 4.48. The fourth-order valence-corrected chi connectivity index (χ4v) is 5.07. The van der Waals surface area contributed by atoms with Crippen molar-refractivity contribution < 1.29 is 14.3 Å². The van der Waals surface area contributed by atoms with Gasteiger partial charge >= 0.3 is 5.97 Å². The molecule has 0 amide bonds. The lowest BCUT2D eigenvalue weighted by molar-refractivity contribution is -0.139. The second kappa shape index (κ2) is 9.81. The van der Waals surface area contributed by atoms with Crippen LogP contribution in [0.5, 0.6) is 5.75 Å². The Morgan fingerprint density at radius 1 is 1.15 bits per heavy atom. The SMILES string of the molecule is CCOC(=O)C1=C(C)N=c2s/c(=C/c3ccc(OC)cc3)c(=O)n2[C@H]1c1ccc(C(C)C)cc1. The first-order chi connectivity index (χ1) is 16.3. The molecule has 0 radical (unpaired) electrons. The number of nitrogens with zero attached hydrogens (tertiary/aromatic N) is 2. The Hall–Kier alpha value is -3.45. The maximum atomic E-state index is 13.6. The van der Waals surface area contributed by atoms with Crippen molar-refractivity contribution in [2.45, 2.75) is 39.7 Å². The van der Waals surface area contributed by atoms with Gasteiger partial charge in [0.05, 0.1) is 35.6 Å². The molecule has 3 aromatic rings. The van der Waals surface area contributed by atoms with Crippen LogP contribution in [0.2, 0.25) is 0 Å². The van der Waals surface area contributed by atoms with Gasteiger partial charge in [0.1, 0.15) is 5.75 Å². The average molecular weight is 477 g/mol. The molecule has 1 atom stereocenters. The first-order valence-electron chi connectivity index (χ1n) is 11.3. The zero-order valence-corrected chi connectivity index (χ0v) is 20.8. The van der Waals surface area contributed by atoms with Crippen LogP contribution in [0.4, 0.5) is 0 Å². The van der Waals surface area contributed by atoms with E-state index >= 15 is 0 Å². The van der Waals surface area contributed by atoms with Crippen molar-refractivity contribution >= 4 is 23.4 Å². The Morgan fingerprint density at radius 3 is 2.41 bits per heavy atom. The molecule has 7 heteroatoms. The lowest BCUT2D eigenvalue weighted by Crippen LogP contribution is -2.39. The largest absolute Gasteiger partial charge is 0.497 e. The number of carbonyl (C=O) groups excluding carboxylic acids is 1. The van der Waals surface area contributed by atoms with Gasteiger partial charge in [-0.05, 0) is 54.7 Å². The predicted octanol–water partition coefficient (Wildman–Crippen LogP) is 3.93. The minimum absolute atomic E-state index is 0.188.